The molecule has 0 saturated heterocycles. The van der Waals surface area contributed by atoms with Gasteiger partial charge in [0.15, 0.2) is 0 Å². The summed E-state index contributed by atoms with van der Waals surface area (Å²) in [5.41, 5.74) is 2.60. The van der Waals surface area contributed by atoms with Crippen molar-refractivity contribution < 1.29 is 0 Å². The summed E-state index contributed by atoms with van der Waals surface area (Å²) in [5, 5.41) is 3.60. The number of aromatic nitrogens is 1. The molecule has 1 aromatic rings. The first-order valence-corrected chi connectivity index (χ1v) is 8.42. The van der Waals surface area contributed by atoms with Gasteiger partial charge in [0.25, 0.3) is 0 Å². The van der Waals surface area contributed by atoms with Gasteiger partial charge in [-0.1, -0.05) is 64.9 Å². The lowest BCUT2D eigenvalue weighted by Gasteiger charge is -2.18. The molecule has 20 heavy (non-hydrogen) atoms. The standard InChI is InChI=1S/C18H32N2/c1-4-6-7-8-9-10-11-12-18(20-5-2)17-13-16(3)14-19-15-17/h13-15,18,20H,4-12H2,1-3H3. The van der Waals surface area contributed by atoms with Gasteiger partial charge in [0.05, 0.1) is 0 Å². The fourth-order valence-electron chi connectivity index (χ4n) is 2.71. The molecular formula is C18H32N2. The molecule has 0 bridgehead atoms. The highest BCUT2D eigenvalue weighted by Crippen LogP contribution is 2.20. The molecule has 1 atom stereocenters. The van der Waals surface area contributed by atoms with Crippen LogP contribution in [-0.2, 0) is 0 Å². The first kappa shape index (κ1) is 17.2. The molecule has 0 saturated carbocycles. The Morgan fingerprint density at radius 2 is 1.70 bits per heavy atom. The van der Waals surface area contributed by atoms with Gasteiger partial charge in [0, 0.05) is 18.4 Å². The van der Waals surface area contributed by atoms with Crippen LogP contribution < -0.4 is 5.32 Å². The molecule has 0 aliphatic rings. The second-order valence-electron chi connectivity index (χ2n) is 5.82. The monoisotopic (exact) mass is 276 g/mol. The molecule has 0 fully saturated rings. The smallest absolute Gasteiger partial charge is 0.0335 e. The van der Waals surface area contributed by atoms with E-state index in [4.69, 9.17) is 0 Å². The second kappa shape index (κ2) is 10.8. The molecule has 0 spiro atoms. The van der Waals surface area contributed by atoms with Crippen LogP contribution in [0.15, 0.2) is 18.5 Å². The molecule has 114 valence electrons. The van der Waals surface area contributed by atoms with Crippen LogP contribution in [0.2, 0.25) is 0 Å². The number of hydrogen-bond donors (Lipinski definition) is 1. The molecule has 1 unspecified atom stereocenters. The summed E-state index contributed by atoms with van der Waals surface area (Å²) in [7, 11) is 0. The van der Waals surface area contributed by atoms with Gasteiger partial charge in [-0.15, -0.1) is 0 Å². The Morgan fingerprint density at radius 1 is 1.00 bits per heavy atom. The average molecular weight is 276 g/mol. The SMILES string of the molecule is CCCCCCCCCC(NCC)c1cncc(C)c1. The van der Waals surface area contributed by atoms with Crippen molar-refractivity contribution >= 4 is 0 Å². The third-order valence-corrected chi connectivity index (χ3v) is 3.85. The molecule has 1 rings (SSSR count). The van der Waals surface area contributed by atoms with E-state index in [9.17, 15) is 0 Å². The van der Waals surface area contributed by atoms with Gasteiger partial charge in [-0.3, -0.25) is 4.98 Å². The largest absolute Gasteiger partial charge is 0.310 e. The van der Waals surface area contributed by atoms with E-state index in [-0.39, 0.29) is 0 Å². The average Bonchev–Trinajstić information content (AvgIpc) is 2.45. The summed E-state index contributed by atoms with van der Waals surface area (Å²) in [6.45, 7) is 7.60. The van der Waals surface area contributed by atoms with Crippen molar-refractivity contribution in [2.24, 2.45) is 0 Å². The van der Waals surface area contributed by atoms with Crippen LogP contribution in [-0.4, -0.2) is 11.5 Å². The third kappa shape index (κ3) is 7.04. The van der Waals surface area contributed by atoms with E-state index in [1.807, 2.05) is 12.4 Å². The van der Waals surface area contributed by atoms with Gasteiger partial charge in [-0.2, -0.15) is 0 Å². The Labute approximate surface area is 125 Å². The van der Waals surface area contributed by atoms with Crippen LogP contribution in [0.5, 0.6) is 0 Å². The highest BCUT2D eigenvalue weighted by atomic mass is 14.9. The van der Waals surface area contributed by atoms with Crippen molar-refractivity contribution in [3.63, 3.8) is 0 Å². The predicted octanol–water partition coefficient (Wildman–Crippen LogP) is 5.18. The zero-order chi connectivity index (χ0) is 14.6. The Balaban J connectivity index is 2.29. The van der Waals surface area contributed by atoms with Crippen LogP contribution >= 0.6 is 0 Å². The number of pyridine rings is 1. The lowest BCUT2D eigenvalue weighted by molar-refractivity contribution is 0.474. The van der Waals surface area contributed by atoms with E-state index in [0.717, 1.165) is 6.54 Å². The Kier molecular flexibility index (Phi) is 9.31. The maximum absolute atomic E-state index is 4.33. The zero-order valence-corrected chi connectivity index (χ0v) is 13.6. The van der Waals surface area contributed by atoms with Crippen molar-refractivity contribution in [2.75, 3.05) is 6.54 Å². The third-order valence-electron chi connectivity index (χ3n) is 3.85. The van der Waals surface area contributed by atoms with Gasteiger partial charge < -0.3 is 5.32 Å². The molecule has 2 heteroatoms. The molecule has 0 aromatic carbocycles. The highest BCUT2D eigenvalue weighted by Gasteiger charge is 2.10. The Morgan fingerprint density at radius 3 is 2.35 bits per heavy atom. The molecule has 2 nitrogen and oxygen atoms in total. The fourth-order valence-corrected chi connectivity index (χ4v) is 2.71. The number of nitrogens with one attached hydrogen (secondary N) is 1. The van der Waals surface area contributed by atoms with E-state index in [0.29, 0.717) is 6.04 Å². The molecule has 0 aliphatic carbocycles. The predicted molar refractivity (Wildman–Crippen MR) is 88.0 cm³/mol. The molecule has 1 N–H and O–H groups in total. The van der Waals surface area contributed by atoms with Crippen LogP contribution in [0.25, 0.3) is 0 Å². The molecule has 0 aliphatic heterocycles. The van der Waals surface area contributed by atoms with Crippen molar-refractivity contribution in [3.8, 4) is 0 Å². The summed E-state index contributed by atoms with van der Waals surface area (Å²) in [6, 6.07) is 2.74. The minimum Gasteiger partial charge on any atom is -0.310 e. The zero-order valence-electron chi connectivity index (χ0n) is 13.6. The van der Waals surface area contributed by atoms with Crippen molar-refractivity contribution in [2.45, 2.75) is 78.2 Å². The van der Waals surface area contributed by atoms with Gasteiger partial charge in [0.1, 0.15) is 0 Å². The number of rotatable bonds is 11. The highest BCUT2D eigenvalue weighted by molar-refractivity contribution is 5.20. The van der Waals surface area contributed by atoms with E-state index in [2.05, 4.69) is 37.1 Å². The second-order valence-corrected chi connectivity index (χ2v) is 5.82. The lowest BCUT2D eigenvalue weighted by Crippen LogP contribution is -2.21. The molecular weight excluding hydrogens is 244 g/mol. The molecule has 0 amide bonds. The minimum atomic E-state index is 0.475. The topological polar surface area (TPSA) is 24.9 Å². The number of nitrogens with zero attached hydrogens (tertiary/aromatic N) is 1. The number of aryl methyl sites for hydroxylation is 1. The number of unbranched alkanes of at least 4 members (excludes halogenated alkanes) is 6. The number of hydrogen-bond acceptors (Lipinski definition) is 2. The van der Waals surface area contributed by atoms with Gasteiger partial charge in [0.2, 0.25) is 0 Å². The summed E-state index contributed by atoms with van der Waals surface area (Å²) >= 11 is 0. The summed E-state index contributed by atoms with van der Waals surface area (Å²) in [6.07, 6.45) is 14.8. The van der Waals surface area contributed by atoms with Crippen molar-refractivity contribution in [3.05, 3.63) is 29.6 Å². The maximum Gasteiger partial charge on any atom is 0.0335 e. The summed E-state index contributed by atoms with van der Waals surface area (Å²) < 4.78 is 0. The Bertz CT molecular complexity index is 349. The van der Waals surface area contributed by atoms with E-state index >= 15 is 0 Å². The van der Waals surface area contributed by atoms with E-state index in [1.165, 1.54) is 62.5 Å². The minimum absolute atomic E-state index is 0.475. The van der Waals surface area contributed by atoms with E-state index in [1.54, 1.807) is 0 Å². The van der Waals surface area contributed by atoms with Crippen LogP contribution in [0.3, 0.4) is 0 Å². The fraction of sp³-hybridized carbons (Fsp3) is 0.722. The first-order chi connectivity index (χ1) is 9.77. The van der Waals surface area contributed by atoms with Gasteiger partial charge in [-0.25, -0.2) is 0 Å². The van der Waals surface area contributed by atoms with Crippen LogP contribution in [0.4, 0.5) is 0 Å². The van der Waals surface area contributed by atoms with Gasteiger partial charge in [-0.05, 0) is 31.0 Å². The van der Waals surface area contributed by atoms with Crippen LogP contribution in [0, 0.1) is 6.92 Å². The van der Waals surface area contributed by atoms with Crippen molar-refractivity contribution in [1.29, 1.82) is 0 Å². The molecule has 1 heterocycles. The Hall–Kier alpha value is -0.890. The van der Waals surface area contributed by atoms with Gasteiger partial charge >= 0.3 is 0 Å². The first-order valence-electron chi connectivity index (χ1n) is 8.42. The lowest BCUT2D eigenvalue weighted by atomic mass is 10.00. The molecule has 0 radical (unpaired) electrons. The van der Waals surface area contributed by atoms with Crippen molar-refractivity contribution in [1.82, 2.24) is 10.3 Å². The quantitative estimate of drug-likeness (QED) is 0.563. The molecule has 1 aromatic heterocycles. The summed E-state index contributed by atoms with van der Waals surface area (Å²) in [5.74, 6) is 0. The normalized spacial score (nSPS) is 12.6. The van der Waals surface area contributed by atoms with Crippen LogP contribution in [0.1, 0.15) is 82.4 Å². The van der Waals surface area contributed by atoms with E-state index < -0.39 is 0 Å². The summed E-state index contributed by atoms with van der Waals surface area (Å²) in [4.78, 5) is 4.33. The maximum atomic E-state index is 4.33.